The molecule has 10 nitrogen and oxygen atoms in total. The Morgan fingerprint density at radius 2 is 1.77 bits per heavy atom. The summed E-state index contributed by atoms with van der Waals surface area (Å²) in [5.74, 6) is -2.93. The molecule has 30 heavy (non-hydrogen) atoms. The van der Waals surface area contributed by atoms with E-state index in [1.54, 1.807) is 18.3 Å². The van der Waals surface area contributed by atoms with Crippen molar-refractivity contribution in [3.8, 4) is 11.3 Å². The van der Waals surface area contributed by atoms with Gasteiger partial charge in [-0.3, -0.25) is 10.1 Å². The zero-order valence-corrected chi connectivity index (χ0v) is 16.3. The largest absolute Gasteiger partial charge is 0.473 e. The Balaban J connectivity index is 0.000000469. The highest BCUT2D eigenvalue weighted by molar-refractivity contribution is 6.27. The van der Waals surface area contributed by atoms with E-state index in [9.17, 15) is 10.1 Å². The number of nitro groups is 1. The Labute approximate surface area is 171 Å². The fourth-order valence-corrected chi connectivity index (χ4v) is 2.51. The summed E-state index contributed by atoms with van der Waals surface area (Å²) in [4.78, 5) is 33.1. The molecule has 156 valence electrons. The minimum absolute atomic E-state index is 0.0721. The molecule has 0 atom stereocenters. The Bertz CT molecular complexity index is 1050. The van der Waals surface area contributed by atoms with Crippen LogP contribution in [0.5, 0.6) is 0 Å². The lowest BCUT2D eigenvalue weighted by Crippen LogP contribution is -2.09. The van der Waals surface area contributed by atoms with Crippen molar-refractivity contribution in [3.05, 3.63) is 76.0 Å². The van der Waals surface area contributed by atoms with Crippen LogP contribution in [0.4, 0.5) is 11.6 Å². The highest BCUT2D eigenvalue weighted by Gasteiger charge is 2.12. The number of nitrogens with zero attached hydrogens (tertiary/aromatic N) is 3. The molecule has 0 aliphatic rings. The summed E-state index contributed by atoms with van der Waals surface area (Å²) in [7, 11) is 1.89. The van der Waals surface area contributed by atoms with Gasteiger partial charge >= 0.3 is 11.9 Å². The standard InChI is InChI=1S/C18H18N4O2.C2H2O4/c1-13-6-8-14(9-7-13)11-19-18-20-12-17(21(18)2)15-4-3-5-16(10-15)22(23)24;3-1(4)2(5)6/h3-10,12H,11H2,1-2H3,(H,19,20);(H,3,4)(H,5,6). The molecule has 3 aromatic rings. The van der Waals surface area contributed by atoms with Crippen molar-refractivity contribution in [3.63, 3.8) is 0 Å². The van der Waals surface area contributed by atoms with Gasteiger partial charge in [-0.15, -0.1) is 0 Å². The average molecular weight is 412 g/mol. The van der Waals surface area contributed by atoms with E-state index in [4.69, 9.17) is 19.8 Å². The van der Waals surface area contributed by atoms with Crippen molar-refractivity contribution in [1.29, 1.82) is 0 Å². The summed E-state index contributed by atoms with van der Waals surface area (Å²) in [6.45, 7) is 2.72. The SMILES string of the molecule is Cc1ccc(CNc2ncc(-c3cccc([N+](=O)[O-])c3)n2C)cc1.O=C(O)C(=O)O. The van der Waals surface area contributed by atoms with E-state index in [0.717, 1.165) is 17.2 Å². The second-order valence-corrected chi connectivity index (χ2v) is 6.28. The van der Waals surface area contributed by atoms with E-state index >= 15 is 0 Å². The fraction of sp³-hybridized carbons (Fsp3) is 0.150. The predicted octanol–water partition coefficient (Wildman–Crippen LogP) is 3.07. The van der Waals surface area contributed by atoms with Crippen LogP contribution < -0.4 is 5.32 Å². The average Bonchev–Trinajstić information content (AvgIpc) is 3.08. The lowest BCUT2D eigenvalue weighted by Gasteiger charge is -2.09. The maximum absolute atomic E-state index is 10.9. The molecule has 0 fully saturated rings. The number of aromatic nitrogens is 2. The van der Waals surface area contributed by atoms with Gasteiger partial charge in [0, 0.05) is 31.3 Å². The van der Waals surface area contributed by atoms with E-state index in [1.165, 1.54) is 17.2 Å². The summed E-state index contributed by atoms with van der Waals surface area (Å²) >= 11 is 0. The molecule has 0 amide bonds. The number of carboxylic acids is 2. The number of rotatable bonds is 5. The number of carbonyl (C=O) groups is 2. The van der Waals surface area contributed by atoms with Crippen LogP contribution in [-0.2, 0) is 23.2 Å². The van der Waals surface area contributed by atoms with E-state index in [1.807, 2.05) is 17.7 Å². The molecular formula is C20H20N4O6. The van der Waals surface area contributed by atoms with Gasteiger partial charge in [-0.05, 0) is 12.5 Å². The number of imidazole rings is 1. The molecule has 3 N–H and O–H groups in total. The number of carboxylic acid groups (broad SMARTS) is 2. The van der Waals surface area contributed by atoms with Crippen LogP contribution in [0.3, 0.4) is 0 Å². The molecule has 0 saturated carbocycles. The van der Waals surface area contributed by atoms with Crippen LogP contribution in [0, 0.1) is 17.0 Å². The molecule has 0 spiro atoms. The van der Waals surface area contributed by atoms with Crippen molar-refractivity contribution in [1.82, 2.24) is 9.55 Å². The normalized spacial score (nSPS) is 9.93. The minimum atomic E-state index is -1.82. The minimum Gasteiger partial charge on any atom is -0.473 e. The summed E-state index contributed by atoms with van der Waals surface area (Å²) in [6.07, 6.45) is 1.72. The number of aliphatic carboxylic acids is 2. The van der Waals surface area contributed by atoms with Gasteiger partial charge in [0.25, 0.3) is 5.69 Å². The van der Waals surface area contributed by atoms with Gasteiger partial charge in [0.15, 0.2) is 0 Å². The van der Waals surface area contributed by atoms with Crippen LogP contribution in [0.15, 0.2) is 54.7 Å². The molecule has 2 aromatic carbocycles. The van der Waals surface area contributed by atoms with Crippen LogP contribution in [-0.4, -0.2) is 36.6 Å². The van der Waals surface area contributed by atoms with Gasteiger partial charge in [-0.1, -0.05) is 42.0 Å². The third-order valence-corrected chi connectivity index (χ3v) is 4.10. The van der Waals surface area contributed by atoms with E-state index < -0.39 is 16.9 Å². The maximum Gasteiger partial charge on any atom is 0.414 e. The molecule has 0 aliphatic heterocycles. The lowest BCUT2D eigenvalue weighted by atomic mass is 10.1. The molecule has 10 heteroatoms. The van der Waals surface area contributed by atoms with Crippen molar-refractivity contribution in [2.75, 3.05) is 5.32 Å². The van der Waals surface area contributed by atoms with Crippen LogP contribution in [0.2, 0.25) is 0 Å². The summed E-state index contributed by atoms with van der Waals surface area (Å²) < 4.78 is 1.90. The first-order valence-corrected chi connectivity index (χ1v) is 8.71. The Morgan fingerprint density at radius 3 is 2.33 bits per heavy atom. The third kappa shape index (κ3) is 5.89. The summed E-state index contributed by atoms with van der Waals surface area (Å²) in [6, 6.07) is 14.9. The predicted molar refractivity (Wildman–Crippen MR) is 109 cm³/mol. The van der Waals surface area contributed by atoms with E-state index in [-0.39, 0.29) is 5.69 Å². The monoisotopic (exact) mass is 412 g/mol. The van der Waals surface area contributed by atoms with Gasteiger partial charge in [-0.25, -0.2) is 14.6 Å². The molecule has 1 heterocycles. The number of aryl methyl sites for hydroxylation is 1. The number of nitro benzene ring substituents is 1. The third-order valence-electron chi connectivity index (χ3n) is 4.10. The van der Waals surface area contributed by atoms with Gasteiger partial charge < -0.3 is 20.1 Å². The number of hydrogen-bond donors (Lipinski definition) is 3. The summed E-state index contributed by atoms with van der Waals surface area (Å²) in [5.41, 5.74) is 4.06. The Hall–Kier alpha value is -4.21. The molecule has 0 saturated heterocycles. The zero-order chi connectivity index (χ0) is 22.3. The molecule has 1 aromatic heterocycles. The fourth-order valence-electron chi connectivity index (χ4n) is 2.51. The van der Waals surface area contributed by atoms with Gasteiger partial charge in [0.05, 0.1) is 16.8 Å². The second-order valence-electron chi connectivity index (χ2n) is 6.28. The van der Waals surface area contributed by atoms with Crippen LogP contribution in [0.25, 0.3) is 11.3 Å². The smallest absolute Gasteiger partial charge is 0.414 e. The lowest BCUT2D eigenvalue weighted by molar-refractivity contribution is -0.384. The summed E-state index contributed by atoms with van der Waals surface area (Å²) in [5, 5.41) is 29.0. The zero-order valence-electron chi connectivity index (χ0n) is 16.3. The van der Waals surface area contributed by atoms with Crippen molar-refractivity contribution < 1.29 is 24.7 Å². The van der Waals surface area contributed by atoms with Crippen molar-refractivity contribution >= 4 is 23.6 Å². The van der Waals surface area contributed by atoms with E-state index in [2.05, 4.69) is 41.5 Å². The molecule has 3 rings (SSSR count). The number of non-ortho nitro benzene ring substituents is 1. The van der Waals surface area contributed by atoms with E-state index in [0.29, 0.717) is 6.54 Å². The first-order chi connectivity index (χ1) is 14.2. The quantitative estimate of drug-likeness (QED) is 0.329. The highest BCUT2D eigenvalue weighted by atomic mass is 16.6. The highest BCUT2D eigenvalue weighted by Crippen LogP contribution is 2.25. The Morgan fingerprint density at radius 1 is 1.13 bits per heavy atom. The van der Waals surface area contributed by atoms with Crippen LogP contribution >= 0.6 is 0 Å². The molecular weight excluding hydrogens is 392 g/mol. The van der Waals surface area contributed by atoms with Crippen LogP contribution in [0.1, 0.15) is 11.1 Å². The van der Waals surface area contributed by atoms with Crippen molar-refractivity contribution in [2.24, 2.45) is 7.05 Å². The number of nitrogens with one attached hydrogen (secondary N) is 1. The molecule has 0 radical (unpaired) electrons. The van der Waals surface area contributed by atoms with Gasteiger partial charge in [0.2, 0.25) is 5.95 Å². The van der Waals surface area contributed by atoms with Crippen molar-refractivity contribution in [2.45, 2.75) is 13.5 Å². The van der Waals surface area contributed by atoms with Gasteiger partial charge in [-0.2, -0.15) is 0 Å². The molecule has 0 aliphatic carbocycles. The Kier molecular flexibility index (Phi) is 7.23. The maximum atomic E-state index is 10.9. The second kappa shape index (κ2) is 9.82. The molecule has 0 unspecified atom stereocenters. The number of hydrogen-bond acceptors (Lipinski definition) is 6. The molecule has 0 bridgehead atoms. The van der Waals surface area contributed by atoms with Gasteiger partial charge in [0.1, 0.15) is 0 Å². The first-order valence-electron chi connectivity index (χ1n) is 8.71. The number of anilines is 1. The first kappa shape index (κ1) is 22.1. The number of benzene rings is 2. The topological polar surface area (TPSA) is 148 Å².